The topological polar surface area (TPSA) is 97.8 Å². The van der Waals surface area contributed by atoms with Crippen LogP contribution in [0.25, 0.3) is 10.9 Å². The number of carbonyl (C=O) groups is 1. The number of halogens is 1. The van der Waals surface area contributed by atoms with E-state index in [1.165, 1.54) is 11.9 Å². The SMILES string of the molecule is COc1cc2ncnc(Oc3ccc(NC(=O)NC4CCN(Cc5ccccc5)C4)c(Cl)c3)c2cc1OC. The summed E-state index contributed by atoms with van der Waals surface area (Å²) >= 11 is 6.48. The number of carbonyl (C=O) groups excluding carboxylic acids is 1. The number of methoxy groups -OCH3 is 2. The number of likely N-dealkylation sites (tertiary alicyclic amines) is 1. The van der Waals surface area contributed by atoms with E-state index >= 15 is 0 Å². The van der Waals surface area contributed by atoms with Crippen molar-refractivity contribution in [1.29, 1.82) is 0 Å². The number of ether oxygens (including phenoxy) is 3. The minimum atomic E-state index is -0.296. The third-order valence-corrected chi connectivity index (χ3v) is 6.68. The van der Waals surface area contributed by atoms with E-state index in [2.05, 4.69) is 37.6 Å². The van der Waals surface area contributed by atoms with Crippen molar-refractivity contribution in [3.05, 3.63) is 77.6 Å². The van der Waals surface area contributed by atoms with Gasteiger partial charge in [-0.3, -0.25) is 4.90 Å². The predicted octanol–water partition coefficient (Wildman–Crippen LogP) is 5.49. The Hall–Kier alpha value is -4.08. The van der Waals surface area contributed by atoms with Crippen molar-refractivity contribution in [2.75, 3.05) is 32.6 Å². The van der Waals surface area contributed by atoms with Crippen LogP contribution in [0.15, 0.2) is 67.0 Å². The van der Waals surface area contributed by atoms with Gasteiger partial charge in [-0.15, -0.1) is 0 Å². The minimum absolute atomic E-state index is 0.0711. The van der Waals surface area contributed by atoms with Gasteiger partial charge in [0.15, 0.2) is 11.5 Å². The summed E-state index contributed by atoms with van der Waals surface area (Å²) in [6.07, 6.45) is 2.31. The van der Waals surface area contributed by atoms with Gasteiger partial charge < -0.3 is 24.8 Å². The normalized spacial score (nSPS) is 15.3. The molecule has 1 unspecified atom stereocenters. The molecular weight excluding hydrogens is 506 g/mol. The lowest BCUT2D eigenvalue weighted by Crippen LogP contribution is -2.39. The molecule has 1 fully saturated rings. The molecular formula is C28H28ClN5O4. The Morgan fingerprint density at radius 2 is 1.84 bits per heavy atom. The summed E-state index contributed by atoms with van der Waals surface area (Å²) in [4.78, 5) is 23.5. The van der Waals surface area contributed by atoms with Crippen LogP contribution in [0, 0.1) is 0 Å². The van der Waals surface area contributed by atoms with Crippen LogP contribution >= 0.6 is 11.6 Å². The average molecular weight is 534 g/mol. The summed E-state index contributed by atoms with van der Waals surface area (Å²) in [5.74, 6) is 1.89. The Labute approximate surface area is 225 Å². The number of nitrogens with one attached hydrogen (secondary N) is 2. The molecule has 1 aliphatic heterocycles. The Morgan fingerprint density at radius 3 is 2.61 bits per heavy atom. The first-order valence-corrected chi connectivity index (χ1v) is 12.6. The molecule has 0 aliphatic carbocycles. The van der Waals surface area contributed by atoms with Gasteiger partial charge in [0.05, 0.1) is 35.8 Å². The maximum Gasteiger partial charge on any atom is 0.319 e. The summed E-state index contributed by atoms with van der Waals surface area (Å²) in [7, 11) is 3.12. The monoisotopic (exact) mass is 533 g/mol. The first-order valence-electron chi connectivity index (χ1n) is 12.2. The van der Waals surface area contributed by atoms with Crippen molar-refractivity contribution in [3.63, 3.8) is 0 Å². The van der Waals surface area contributed by atoms with Crippen LogP contribution in [-0.4, -0.2) is 54.2 Å². The highest BCUT2D eigenvalue weighted by atomic mass is 35.5. The summed E-state index contributed by atoms with van der Waals surface area (Å²) in [6.45, 7) is 2.60. The molecule has 5 rings (SSSR count). The Morgan fingerprint density at radius 1 is 1.05 bits per heavy atom. The van der Waals surface area contributed by atoms with Crippen molar-refractivity contribution >= 4 is 34.2 Å². The lowest BCUT2D eigenvalue weighted by molar-refractivity contribution is 0.247. The van der Waals surface area contributed by atoms with Gasteiger partial charge in [-0.2, -0.15) is 0 Å². The van der Waals surface area contributed by atoms with Crippen molar-refractivity contribution in [1.82, 2.24) is 20.2 Å². The van der Waals surface area contributed by atoms with Crippen LogP contribution in [0.4, 0.5) is 10.5 Å². The summed E-state index contributed by atoms with van der Waals surface area (Å²) in [5, 5.41) is 6.88. The Balaban J connectivity index is 1.21. The fourth-order valence-electron chi connectivity index (χ4n) is 4.49. The molecule has 10 heteroatoms. The second kappa shape index (κ2) is 11.5. The number of nitrogens with zero attached hydrogens (tertiary/aromatic N) is 3. The third-order valence-electron chi connectivity index (χ3n) is 6.36. The first-order chi connectivity index (χ1) is 18.5. The molecule has 2 amide bonds. The van der Waals surface area contributed by atoms with Gasteiger partial charge in [0, 0.05) is 37.8 Å². The largest absolute Gasteiger partial charge is 0.493 e. The first kappa shape index (κ1) is 25.6. The number of rotatable bonds is 8. The second-order valence-electron chi connectivity index (χ2n) is 8.95. The number of hydrogen-bond donors (Lipinski definition) is 2. The quantitative estimate of drug-likeness (QED) is 0.309. The van der Waals surface area contributed by atoms with Gasteiger partial charge >= 0.3 is 6.03 Å². The number of benzene rings is 3. The van der Waals surface area contributed by atoms with E-state index in [9.17, 15) is 4.79 Å². The molecule has 0 radical (unpaired) electrons. The predicted molar refractivity (Wildman–Crippen MR) is 146 cm³/mol. The summed E-state index contributed by atoms with van der Waals surface area (Å²) in [6, 6.07) is 18.7. The number of fused-ring (bicyclic) bond motifs is 1. The molecule has 2 N–H and O–H groups in total. The van der Waals surface area contributed by atoms with Gasteiger partial charge in [0.1, 0.15) is 12.1 Å². The Kier molecular flexibility index (Phi) is 7.76. The van der Waals surface area contributed by atoms with E-state index in [4.69, 9.17) is 25.8 Å². The standard InChI is InChI=1S/C28H28ClN5O4/c1-36-25-13-21-24(14-26(25)37-2)30-17-31-27(21)38-20-8-9-23(22(29)12-20)33-28(35)32-19-10-11-34(16-19)15-18-6-4-3-5-7-18/h3-9,12-14,17,19H,10-11,15-16H2,1-2H3,(H2,32,33,35). The van der Waals surface area contributed by atoms with Gasteiger partial charge in [-0.1, -0.05) is 41.9 Å². The molecule has 3 aromatic carbocycles. The lowest BCUT2D eigenvalue weighted by atomic mass is 10.2. The molecule has 38 heavy (non-hydrogen) atoms. The maximum atomic E-state index is 12.7. The van der Waals surface area contributed by atoms with Crippen molar-refractivity contribution in [3.8, 4) is 23.1 Å². The molecule has 4 aromatic rings. The molecule has 1 aromatic heterocycles. The van der Waals surface area contributed by atoms with Crippen LogP contribution in [0.2, 0.25) is 5.02 Å². The summed E-state index contributed by atoms with van der Waals surface area (Å²) in [5.41, 5.74) is 2.39. The average Bonchev–Trinajstić information content (AvgIpc) is 3.36. The van der Waals surface area contributed by atoms with E-state index in [-0.39, 0.29) is 12.1 Å². The molecule has 0 saturated carbocycles. The molecule has 0 bridgehead atoms. The van der Waals surface area contributed by atoms with E-state index in [0.717, 1.165) is 26.1 Å². The van der Waals surface area contributed by atoms with Gasteiger partial charge in [0.25, 0.3) is 0 Å². The second-order valence-corrected chi connectivity index (χ2v) is 9.36. The van der Waals surface area contributed by atoms with E-state index in [1.54, 1.807) is 44.6 Å². The highest BCUT2D eigenvalue weighted by molar-refractivity contribution is 6.33. The molecule has 1 atom stereocenters. The van der Waals surface area contributed by atoms with Crippen LogP contribution in [0.1, 0.15) is 12.0 Å². The third kappa shape index (κ3) is 5.90. The van der Waals surface area contributed by atoms with Gasteiger partial charge in [-0.05, 0) is 30.2 Å². The zero-order chi connectivity index (χ0) is 26.5. The van der Waals surface area contributed by atoms with Crippen molar-refractivity contribution in [2.24, 2.45) is 0 Å². The van der Waals surface area contributed by atoms with Crippen LogP contribution in [0.3, 0.4) is 0 Å². The zero-order valence-corrected chi connectivity index (χ0v) is 21.9. The molecule has 196 valence electrons. The fraction of sp³-hybridized carbons (Fsp3) is 0.250. The molecule has 9 nitrogen and oxygen atoms in total. The Bertz CT molecular complexity index is 1440. The van der Waals surface area contributed by atoms with Crippen LogP contribution in [0.5, 0.6) is 23.1 Å². The van der Waals surface area contributed by atoms with E-state index in [1.807, 2.05) is 18.2 Å². The number of hydrogen-bond acceptors (Lipinski definition) is 7. The lowest BCUT2D eigenvalue weighted by Gasteiger charge is -2.17. The highest BCUT2D eigenvalue weighted by Gasteiger charge is 2.24. The number of aromatic nitrogens is 2. The number of amides is 2. The van der Waals surface area contributed by atoms with Crippen molar-refractivity contribution < 1.29 is 19.0 Å². The number of anilines is 1. The smallest absolute Gasteiger partial charge is 0.319 e. The maximum absolute atomic E-state index is 12.7. The van der Waals surface area contributed by atoms with E-state index < -0.39 is 0 Å². The molecule has 1 aliphatic rings. The van der Waals surface area contributed by atoms with Crippen LogP contribution < -0.4 is 24.8 Å². The molecule has 2 heterocycles. The summed E-state index contributed by atoms with van der Waals surface area (Å²) < 4.78 is 16.8. The van der Waals surface area contributed by atoms with Gasteiger partial charge in [0.2, 0.25) is 5.88 Å². The van der Waals surface area contributed by atoms with Crippen LogP contribution in [-0.2, 0) is 6.54 Å². The molecule has 1 saturated heterocycles. The van der Waals surface area contributed by atoms with Gasteiger partial charge in [-0.25, -0.2) is 14.8 Å². The van der Waals surface area contributed by atoms with Crippen molar-refractivity contribution in [2.45, 2.75) is 19.0 Å². The number of urea groups is 1. The fourth-order valence-corrected chi connectivity index (χ4v) is 4.71. The van der Waals surface area contributed by atoms with E-state index in [0.29, 0.717) is 44.7 Å². The molecule has 0 spiro atoms. The highest BCUT2D eigenvalue weighted by Crippen LogP contribution is 2.36. The minimum Gasteiger partial charge on any atom is -0.493 e. The zero-order valence-electron chi connectivity index (χ0n) is 21.1.